The molecule has 0 heterocycles. The summed E-state index contributed by atoms with van der Waals surface area (Å²) in [6.45, 7) is 5.44. The Morgan fingerprint density at radius 2 is 2.00 bits per heavy atom. The molecule has 0 aromatic carbocycles. The minimum absolute atomic E-state index is 0.0559. The molecule has 1 atom stereocenters. The Bertz CT molecular complexity index is 176. The fourth-order valence-electron chi connectivity index (χ4n) is 2.16. The highest BCUT2D eigenvalue weighted by Crippen LogP contribution is 2.27. The molecule has 3 nitrogen and oxygen atoms in total. The third-order valence-corrected chi connectivity index (χ3v) is 3.07. The molecular formula is C11H22N2O. The van der Waals surface area contributed by atoms with E-state index < -0.39 is 0 Å². The molecule has 0 spiro atoms. The second kappa shape index (κ2) is 6.02. The summed E-state index contributed by atoms with van der Waals surface area (Å²) in [7, 11) is 0. The number of rotatable bonds is 5. The highest BCUT2D eigenvalue weighted by atomic mass is 16.1. The molecular weight excluding hydrogens is 176 g/mol. The molecule has 0 bridgehead atoms. The third-order valence-electron chi connectivity index (χ3n) is 3.07. The molecule has 0 saturated heterocycles. The second-order valence-corrected chi connectivity index (χ2v) is 4.27. The summed E-state index contributed by atoms with van der Waals surface area (Å²) in [5.41, 5.74) is 0. The predicted octanol–water partition coefficient (Wildman–Crippen LogP) is 1.29. The summed E-state index contributed by atoms with van der Waals surface area (Å²) < 4.78 is 0. The quantitative estimate of drug-likeness (QED) is 0.654. The lowest BCUT2D eigenvalue weighted by atomic mass is 10.00. The summed E-state index contributed by atoms with van der Waals surface area (Å²) in [4.78, 5) is 10.6. The summed E-state index contributed by atoms with van der Waals surface area (Å²) in [6, 6.07) is 0.603. The van der Waals surface area contributed by atoms with E-state index in [4.69, 9.17) is 0 Å². The van der Waals surface area contributed by atoms with Crippen LogP contribution in [0.25, 0.3) is 0 Å². The number of carbonyl (C=O) groups excluding carboxylic acids is 1. The normalized spacial score (nSPS) is 19.6. The molecule has 3 heteroatoms. The SMILES string of the molecule is CC(=O)NCCNC(C)C1CCCC1. The zero-order chi connectivity index (χ0) is 10.4. The highest BCUT2D eigenvalue weighted by molar-refractivity contribution is 5.72. The number of hydrogen-bond donors (Lipinski definition) is 2. The van der Waals surface area contributed by atoms with Gasteiger partial charge in [-0.05, 0) is 25.7 Å². The topological polar surface area (TPSA) is 41.1 Å². The number of amides is 1. The average Bonchev–Trinajstić information content (AvgIpc) is 2.64. The van der Waals surface area contributed by atoms with E-state index in [9.17, 15) is 4.79 Å². The smallest absolute Gasteiger partial charge is 0.216 e. The first kappa shape index (κ1) is 11.5. The van der Waals surface area contributed by atoms with Gasteiger partial charge >= 0.3 is 0 Å². The van der Waals surface area contributed by atoms with Gasteiger partial charge in [0.1, 0.15) is 0 Å². The van der Waals surface area contributed by atoms with Crippen molar-refractivity contribution in [2.75, 3.05) is 13.1 Å². The standard InChI is InChI=1S/C11H22N2O/c1-9(11-5-3-4-6-11)12-7-8-13-10(2)14/h9,11-12H,3-8H2,1-2H3,(H,13,14). The van der Waals surface area contributed by atoms with Crippen molar-refractivity contribution in [2.45, 2.75) is 45.6 Å². The van der Waals surface area contributed by atoms with Crippen LogP contribution < -0.4 is 10.6 Å². The van der Waals surface area contributed by atoms with Gasteiger partial charge in [0.15, 0.2) is 0 Å². The van der Waals surface area contributed by atoms with E-state index in [1.165, 1.54) is 25.7 Å². The Hall–Kier alpha value is -0.570. The van der Waals surface area contributed by atoms with E-state index in [-0.39, 0.29) is 5.91 Å². The summed E-state index contributed by atoms with van der Waals surface area (Å²) in [5, 5.41) is 6.26. The summed E-state index contributed by atoms with van der Waals surface area (Å²) in [6.07, 6.45) is 5.52. The van der Waals surface area contributed by atoms with E-state index in [1.54, 1.807) is 6.92 Å². The maximum atomic E-state index is 10.6. The number of nitrogens with one attached hydrogen (secondary N) is 2. The van der Waals surface area contributed by atoms with Crippen molar-refractivity contribution in [1.82, 2.24) is 10.6 Å². The molecule has 1 amide bonds. The third kappa shape index (κ3) is 4.09. The Kier molecular flexibility index (Phi) is 4.94. The van der Waals surface area contributed by atoms with Crippen molar-refractivity contribution in [1.29, 1.82) is 0 Å². The van der Waals surface area contributed by atoms with E-state index >= 15 is 0 Å². The molecule has 82 valence electrons. The van der Waals surface area contributed by atoms with Gasteiger partial charge in [-0.15, -0.1) is 0 Å². The first-order chi connectivity index (χ1) is 6.70. The lowest BCUT2D eigenvalue weighted by Gasteiger charge is -2.20. The van der Waals surface area contributed by atoms with Crippen molar-refractivity contribution in [3.8, 4) is 0 Å². The van der Waals surface area contributed by atoms with Gasteiger partial charge in [-0.1, -0.05) is 12.8 Å². The molecule has 1 rings (SSSR count). The number of carbonyl (C=O) groups is 1. The van der Waals surface area contributed by atoms with Gasteiger partial charge in [0.2, 0.25) is 5.91 Å². The Morgan fingerprint density at radius 1 is 1.36 bits per heavy atom. The molecule has 0 radical (unpaired) electrons. The van der Waals surface area contributed by atoms with Gasteiger partial charge in [0, 0.05) is 26.1 Å². The molecule has 1 saturated carbocycles. The van der Waals surface area contributed by atoms with Crippen molar-refractivity contribution in [2.24, 2.45) is 5.92 Å². The van der Waals surface area contributed by atoms with Crippen molar-refractivity contribution in [3.05, 3.63) is 0 Å². The molecule has 0 aromatic heterocycles. The van der Waals surface area contributed by atoms with Crippen LogP contribution in [0, 0.1) is 5.92 Å². The maximum Gasteiger partial charge on any atom is 0.216 e. The van der Waals surface area contributed by atoms with Crippen LogP contribution >= 0.6 is 0 Å². The van der Waals surface area contributed by atoms with Crippen LogP contribution in [0.3, 0.4) is 0 Å². The Morgan fingerprint density at radius 3 is 2.57 bits per heavy atom. The second-order valence-electron chi connectivity index (χ2n) is 4.27. The first-order valence-electron chi connectivity index (χ1n) is 5.68. The van der Waals surface area contributed by atoms with E-state index in [1.807, 2.05) is 0 Å². The zero-order valence-corrected chi connectivity index (χ0v) is 9.31. The average molecular weight is 198 g/mol. The molecule has 0 aromatic rings. The fourth-order valence-corrected chi connectivity index (χ4v) is 2.16. The summed E-state index contributed by atoms with van der Waals surface area (Å²) >= 11 is 0. The van der Waals surface area contributed by atoms with E-state index in [0.717, 1.165) is 19.0 Å². The lowest BCUT2D eigenvalue weighted by molar-refractivity contribution is -0.118. The van der Waals surface area contributed by atoms with Crippen LogP contribution in [0.4, 0.5) is 0 Å². The zero-order valence-electron chi connectivity index (χ0n) is 9.31. The molecule has 1 unspecified atom stereocenters. The van der Waals surface area contributed by atoms with Crippen molar-refractivity contribution in [3.63, 3.8) is 0 Å². The van der Waals surface area contributed by atoms with Gasteiger partial charge in [-0.2, -0.15) is 0 Å². The monoisotopic (exact) mass is 198 g/mol. The lowest BCUT2D eigenvalue weighted by Crippen LogP contribution is -2.38. The maximum absolute atomic E-state index is 10.6. The van der Waals surface area contributed by atoms with Gasteiger partial charge < -0.3 is 10.6 Å². The van der Waals surface area contributed by atoms with Crippen LogP contribution in [-0.4, -0.2) is 25.0 Å². The number of hydrogen-bond acceptors (Lipinski definition) is 2. The van der Waals surface area contributed by atoms with Crippen LogP contribution in [0.5, 0.6) is 0 Å². The van der Waals surface area contributed by atoms with E-state index in [0.29, 0.717) is 6.04 Å². The largest absolute Gasteiger partial charge is 0.355 e. The van der Waals surface area contributed by atoms with Gasteiger partial charge in [0.05, 0.1) is 0 Å². The summed E-state index contributed by atoms with van der Waals surface area (Å²) in [5.74, 6) is 0.910. The molecule has 0 aliphatic heterocycles. The fraction of sp³-hybridized carbons (Fsp3) is 0.909. The minimum Gasteiger partial charge on any atom is -0.355 e. The predicted molar refractivity (Wildman–Crippen MR) is 58.1 cm³/mol. The molecule has 1 fully saturated rings. The van der Waals surface area contributed by atoms with Crippen molar-refractivity contribution < 1.29 is 4.79 Å². The molecule has 1 aliphatic carbocycles. The van der Waals surface area contributed by atoms with Crippen LogP contribution in [0.15, 0.2) is 0 Å². The minimum atomic E-state index is 0.0559. The highest BCUT2D eigenvalue weighted by Gasteiger charge is 2.20. The van der Waals surface area contributed by atoms with Crippen LogP contribution in [0.2, 0.25) is 0 Å². The van der Waals surface area contributed by atoms with Crippen LogP contribution in [0.1, 0.15) is 39.5 Å². The van der Waals surface area contributed by atoms with Gasteiger partial charge in [-0.25, -0.2) is 0 Å². The Balaban J connectivity index is 2.02. The first-order valence-corrected chi connectivity index (χ1v) is 5.68. The van der Waals surface area contributed by atoms with Crippen molar-refractivity contribution >= 4 is 5.91 Å². The van der Waals surface area contributed by atoms with Crippen LogP contribution in [-0.2, 0) is 4.79 Å². The molecule has 1 aliphatic rings. The van der Waals surface area contributed by atoms with Gasteiger partial charge in [0.25, 0.3) is 0 Å². The van der Waals surface area contributed by atoms with E-state index in [2.05, 4.69) is 17.6 Å². The molecule has 14 heavy (non-hydrogen) atoms. The van der Waals surface area contributed by atoms with Gasteiger partial charge in [-0.3, -0.25) is 4.79 Å². The molecule has 2 N–H and O–H groups in total. The Labute approximate surface area is 86.6 Å².